The van der Waals surface area contributed by atoms with Crippen molar-refractivity contribution < 1.29 is 9.84 Å². The minimum absolute atomic E-state index is 0.234. The van der Waals surface area contributed by atoms with Crippen molar-refractivity contribution in [3.05, 3.63) is 23.8 Å². The molecule has 19 heavy (non-hydrogen) atoms. The molecule has 3 rings (SSSR count). The molecule has 4 nitrogen and oxygen atoms in total. The number of nitrogens with zero attached hydrogens (tertiary/aromatic N) is 1. The summed E-state index contributed by atoms with van der Waals surface area (Å²) in [6.07, 6.45) is 2.63. The van der Waals surface area contributed by atoms with Gasteiger partial charge in [0, 0.05) is 19.1 Å². The van der Waals surface area contributed by atoms with Gasteiger partial charge in [0.2, 0.25) is 0 Å². The van der Waals surface area contributed by atoms with Gasteiger partial charge in [0.15, 0.2) is 11.5 Å². The van der Waals surface area contributed by atoms with Crippen molar-refractivity contribution >= 4 is 0 Å². The van der Waals surface area contributed by atoms with Crippen LogP contribution >= 0.6 is 0 Å². The van der Waals surface area contributed by atoms with Crippen LogP contribution in [0.4, 0.5) is 0 Å². The Bertz CT molecular complexity index is 450. The molecule has 2 aliphatic heterocycles. The zero-order chi connectivity index (χ0) is 13.2. The third kappa shape index (κ3) is 2.55. The molecule has 0 radical (unpaired) electrons. The number of phenolic OH excluding ortho intramolecular Hbond substituents is 1. The van der Waals surface area contributed by atoms with Crippen LogP contribution in [-0.4, -0.2) is 42.8 Å². The second kappa shape index (κ2) is 5.39. The lowest BCUT2D eigenvalue weighted by atomic mass is 9.91. The van der Waals surface area contributed by atoms with Crippen LogP contribution < -0.4 is 10.1 Å². The van der Waals surface area contributed by atoms with Gasteiger partial charge in [-0.1, -0.05) is 6.07 Å². The summed E-state index contributed by atoms with van der Waals surface area (Å²) in [6.45, 7) is 4.35. The molecule has 0 aliphatic carbocycles. The van der Waals surface area contributed by atoms with Gasteiger partial charge in [-0.25, -0.2) is 0 Å². The lowest BCUT2D eigenvalue weighted by molar-refractivity contribution is 0.117. The summed E-state index contributed by atoms with van der Waals surface area (Å²) in [6, 6.07) is 6.38. The maximum Gasteiger partial charge on any atom is 0.160 e. The summed E-state index contributed by atoms with van der Waals surface area (Å²) in [5, 5.41) is 13.4. The highest BCUT2D eigenvalue weighted by Crippen LogP contribution is 2.30. The molecule has 0 spiro atoms. The standard InChI is InChI=1S/C15H22N2O2/c1-19-15-5-4-11(7-14(15)18)10-17-6-2-3-12-8-16-9-13(12)17/h4-5,7,12-13,16,18H,2-3,6,8-10H2,1H3. The Balaban J connectivity index is 1.72. The van der Waals surface area contributed by atoms with E-state index in [4.69, 9.17) is 4.74 Å². The molecule has 1 aromatic carbocycles. The monoisotopic (exact) mass is 262 g/mol. The van der Waals surface area contributed by atoms with Gasteiger partial charge in [0.1, 0.15) is 0 Å². The van der Waals surface area contributed by atoms with E-state index in [0.717, 1.165) is 37.7 Å². The first kappa shape index (κ1) is 12.8. The normalized spacial score (nSPS) is 27.2. The average Bonchev–Trinajstić information content (AvgIpc) is 2.88. The topological polar surface area (TPSA) is 44.7 Å². The van der Waals surface area contributed by atoms with Crippen LogP contribution in [0.5, 0.6) is 11.5 Å². The number of benzene rings is 1. The summed E-state index contributed by atoms with van der Waals surface area (Å²) < 4.78 is 5.09. The molecule has 2 fully saturated rings. The molecule has 2 aliphatic rings. The van der Waals surface area contributed by atoms with Crippen molar-refractivity contribution in [1.82, 2.24) is 10.2 Å². The predicted octanol–water partition coefficient (Wildman–Crippen LogP) is 1.58. The van der Waals surface area contributed by atoms with E-state index in [1.54, 1.807) is 7.11 Å². The fourth-order valence-corrected chi connectivity index (χ4v) is 3.43. The van der Waals surface area contributed by atoms with Crippen LogP contribution in [0.15, 0.2) is 18.2 Å². The fourth-order valence-electron chi connectivity index (χ4n) is 3.43. The summed E-state index contributed by atoms with van der Waals surface area (Å²) >= 11 is 0. The number of phenols is 1. The molecule has 2 N–H and O–H groups in total. The highest BCUT2D eigenvalue weighted by Gasteiger charge is 2.34. The van der Waals surface area contributed by atoms with Gasteiger partial charge in [-0.15, -0.1) is 0 Å². The van der Waals surface area contributed by atoms with Crippen LogP contribution in [0, 0.1) is 5.92 Å². The third-order valence-corrected chi connectivity index (χ3v) is 4.42. The molecule has 0 saturated carbocycles. The van der Waals surface area contributed by atoms with E-state index >= 15 is 0 Å². The van der Waals surface area contributed by atoms with Crippen molar-refractivity contribution in [1.29, 1.82) is 0 Å². The third-order valence-electron chi connectivity index (χ3n) is 4.42. The second-order valence-corrected chi connectivity index (χ2v) is 5.60. The molecular weight excluding hydrogens is 240 g/mol. The van der Waals surface area contributed by atoms with Gasteiger partial charge in [0.25, 0.3) is 0 Å². The number of hydrogen-bond acceptors (Lipinski definition) is 4. The number of fused-ring (bicyclic) bond motifs is 1. The zero-order valence-corrected chi connectivity index (χ0v) is 11.4. The Labute approximate surface area is 114 Å². The Morgan fingerprint density at radius 2 is 2.32 bits per heavy atom. The highest BCUT2D eigenvalue weighted by atomic mass is 16.5. The van der Waals surface area contributed by atoms with Crippen molar-refractivity contribution in [2.45, 2.75) is 25.4 Å². The predicted molar refractivity (Wildman–Crippen MR) is 74.5 cm³/mol. The lowest BCUT2D eigenvalue weighted by Gasteiger charge is -2.37. The highest BCUT2D eigenvalue weighted by molar-refractivity contribution is 5.41. The van der Waals surface area contributed by atoms with Gasteiger partial charge in [0.05, 0.1) is 7.11 Å². The number of nitrogens with one attached hydrogen (secondary N) is 1. The first-order valence-corrected chi connectivity index (χ1v) is 7.08. The molecule has 2 heterocycles. The van der Waals surface area contributed by atoms with Gasteiger partial charge in [-0.2, -0.15) is 0 Å². The Hall–Kier alpha value is -1.26. The molecule has 104 valence electrons. The van der Waals surface area contributed by atoms with Crippen LogP contribution in [0.25, 0.3) is 0 Å². The van der Waals surface area contributed by atoms with Crippen molar-refractivity contribution in [3.8, 4) is 11.5 Å². The quantitative estimate of drug-likeness (QED) is 0.868. The molecular formula is C15H22N2O2. The van der Waals surface area contributed by atoms with E-state index in [2.05, 4.69) is 10.2 Å². The Morgan fingerprint density at radius 3 is 3.11 bits per heavy atom. The van der Waals surface area contributed by atoms with Crippen LogP contribution in [-0.2, 0) is 6.54 Å². The van der Waals surface area contributed by atoms with Gasteiger partial charge in [-0.3, -0.25) is 4.90 Å². The number of hydrogen-bond donors (Lipinski definition) is 2. The summed E-state index contributed by atoms with van der Waals surface area (Å²) in [7, 11) is 1.58. The van der Waals surface area contributed by atoms with E-state index in [1.807, 2.05) is 18.2 Å². The SMILES string of the molecule is COc1ccc(CN2CCCC3CNCC32)cc1O. The van der Waals surface area contributed by atoms with Crippen molar-refractivity contribution in [2.24, 2.45) is 5.92 Å². The van der Waals surface area contributed by atoms with E-state index < -0.39 is 0 Å². The average molecular weight is 262 g/mol. The first-order valence-electron chi connectivity index (χ1n) is 7.08. The largest absolute Gasteiger partial charge is 0.504 e. The van der Waals surface area contributed by atoms with Crippen molar-refractivity contribution in [3.63, 3.8) is 0 Å². The lowest BCUT2D eigenvalue weighted by Crippen LogP contribution is -2.44. The molecule has 2 saturated heterocycles. The number of ether oxygens (including phenoxy) is 1. The number of likely N-dealkylation sites (tertiary alicyclic amines) is 1. The first-order chi connectivity index (χ1) is 9.28. The summed E-state index contributed by atoms with van der Waals surface area (Å²) in [4.78, 5) is 2.55. The summed E-state index contributed by atoms with van der Waals surface area (Å²) in [5.41, 5.74) is 1.16. The van der Waals surface area contributed by atoms with E-state index in [-0.39, 0.29) is 5.75 Å². The number of aromatic hydroxyl groups is 1. The second-order valence-electron chi connectivity index (χ2n) is 5.60. The Kier molecular flexibility index (Phi) is 3.62. The smallest absolute Gasteiger partial charge is 0.160 e. The van der Waals surface area contributed by atoms with Gasteiger partial charge in [-0.05, 0) is 49.5 Å². The molecule has 4 heteroatoms. The molecule has 2 atom stereocenters. The van der Waals surface area contributed by atoms with E-state index in [0.29, 0.717) is 11.8 Å². The molecule has 2 unspecified atom stereocenters. The van der Waals surface area contributed by atoms with E-state index in [1.165, 1.54) is 12.8 Å². The molecule has 1 aromatic rings. The number of methoxy groups -OCH3 is 1. The fraction of sp³-hybridized carbons (Fsp3) is 0.600. The van der Waals surface area contributed by atoms with Crippen molar-refractivity contribution in [2.75, 3.05) is 26.7 Å². The number of rotatable bonds is 3. The van der Waals surface area contributed by atoms with Crippen LogP contribution in [0.2, 0.25) is 0 Å². The number of piperidine rings is 1. The van der Waals surface area contributed by atoms with Gasteiger partial charge < -0.3 is 15.2 Å². The van der Waals surface area contributed by atoms with Crippen LogP contribution in [0.3, 0.4) is 0 Å². The molecule has 0 bridgehead atoms. The zero-order valence-electron chi connectivity index (χ0n) is 11.4. The van der Waals surface area contributed by atoms with Crippen LogP contribution in [0.1, 0.15) is 18.4 Å². The minimum atomic E-state index is 0.234. The maximum absolute atomic E-state index is 9.85. The Morgan fingerprint density at radius 1 is 1.42 bits per heavy atom. The minimum Gasteiger partial charge on any atom is -0.504 e. The van der Waals surface area contributed by atoms with E-state index in [9.17, 15) is 5.11 Å². The molecule has 0 amide bonds. The maximum atomic E-state index is 9.85. The molecule has 0 aromatic heterocycles. The van der Waals surface area contributed by atoms with Gasteiger partial charge >= 0.3 is 0 Å². The summed E-state index contributed by atoms with van der Waals surface area (Å²) in [5.74, 6) is 1.58.